The molecule has 0 aliphatic carbocycles. The van der Waals surface area contributed by atoms with Crippen molar-refractivity contribution in [3.05, 3.63) is 59.3 Å². The second kappa shape index (κ2) is 6.06. The SMILES string of the molecule is Cc1ccc2c(n1)OCCN(Cc1ccccc1)CC2. The Labute approximate surface area is 120 Å². The van der Waals surface area contributed by atoms with Crippen LogP contribution in [0.1, 0.15) is 16.8 Å². The van der Waals surface area contributed by atoms with Gasteiger partial charge in [0.25, 0.3) is 0 Å². The molecule has 0 bridgehead atoms. The van der Waals surface area contributed by atoms with E-state index >= 15 is 0 Å². The number of benzene rings is 1. The summed E-state index contributed by atoms with van der Waals surface area (Å²) in [6.07, 6.45) is 0.995. The number of hydrogen-bond donors (Lipinski definition) is 0. The number of hydrogen-bond acceptors (Lipinski definition) is 3. The normalized spacial score (nSPS) is 15.8. The van der Waals surface area contributed by atoms with Crippen molar-refractivity contribution in [2.75, 3.05) is 19.7 Å². The van der Waals surface area contributed by atoms with Crippen LogP contribution in [-0.4, -0.2) is 29.6 Å². The van der Waals surface area contributed by atoms with Crippen LogP contribution in [0.4, 0.5) is 0 Å². The zero-order valence-corrected chi connectivity index (χ0v) is 11.9. The lowest BCUT2D eigenvalue weighted by Gasteiger charge is -2.25. The Bertz CT molecular complexity index is 568. The van der Waals surface area contributed by atoms with E-state index in [0.29, 0.717) is 6.61 Å². The molecule has 3 rings (SSSR count). The molecule has 0 fully saturated rings. The maximum atomic E-state index is 5.82. The van der Waals surface area contributed by atoms with Crippen LogP contribution in [0.2, 0.25) is 0 Å². The van der Waals surface area contributed by atoms with Gasteiger partial charge in [-0.1, -0.05) is 36.4 Å². The van der Waals surface area contributed by atoms with Crippen LogP contribution in [0.5, 0.6) is 5.88 Å². The fourth-order valence-corrected chi connectivity index (χ4v) is 2.54. The molecule has 0 amide bonds. The summed E-state index contributed by atoms with van der Waals surface area (Å²) in [4.78, 5) is 6.93. The van der Waals surface area contributed by atoms with Gasteiger partial charge in [-0.15, -0.1) is 0 Å². The maximum absolute atomic E-state index is 5.82. The molecule has 104 valence electrons. The standard InChI is InChI=1S/C17H20N2O/c1-14-7-8-16-9-10-19(11-12-20-17(16)18-14)13-15-5-3-2-4-6-15/h2-8H,9-13H2,1H3. The van der Waals surface area contributed by atoms with E-state index in [4.69, 9.17) is 4.74 Å². The summed E-state index contributed by atoms with van der Waals surface area (Å²) in [6.45, 7) is 5.69. The summed E-state index contributed by atoms with van der Waals surface area (Å²) in [5.74, 6) is 0.823. The summed E-state index contributed by atoms with van der Waals surface area (Å²) in [5.41, 5.74) is 3.59. The Morgan fingerprint density at radius 3 is 2.80 bits per heavy atom. The molecule has 1 aromatic carbocycles. The van der Waals surface area contributed by atoms with Crippen LogP contribution >= 0.6 is 0 Å². The molecule has 1 aliphatic heterocycles. The third-order valence-corrected chi connectivity index (χ3v) is 3.67. The Morgan fingerprint density at radius 1 is 1.10 bits per heavy atom. The van der Waals surface area contributed by atoms with Crippen LogP contribution < -0.4 is 4.74 Å². The van der Waals surface area contributed by atoms with Crippen LogP contribution in [0.3, 0.4) is 0 Å². The molecular weight excluding hydrogens is 248 g/mol. The first-order valence-electron chi connectivity index (χ1n) is 7.17. The van der Waals surface area contributed by atoms with Crippen molar-refractivity contribution in [2.45, 2.75) is 19.9 Å². The third kappa shape index (κ3) is 3.17. The predicted octanol–water partition coefficient (Wildman–Crippen LogP) is 2.83. The Kier molecular flexibility index (Phi) is 3.97. The van der Waals surface area contributed by atoms with Gasteiger partial charge in [-0.25, -0.2) is 4.98 Å². The molecule has 1 aliphatic rings. The van der Waals surface area contributed by atoms with Gasteiger partial charge < -0.3 is 4.74 Å². The second-order valence-electron chi connectivity index (χ2n) is 5.28. The van der Waals surface area contributed by atoms with Gasteiger partial charge in [0.1, 0.15) is 6.61 Å². The number of aromatic nitrogens is 1. The highest BCUT2D eigenvalue weighted by atomic mass is 16.5. The van der Waals surface area contributed by atoms with Crippen LogP contribution in [0.25, 0.3) is 0 Å². The number of nitrogens with zero attached hydrogens (tertiary/aromatic N) is 2. The van der Waals surface area contributed by atoms with Gasteiger partial charge in [0, 0.05) is 30.9 Å². The first-order chi connectivity index (χ1) is 9.81. The average Bonchev–Trinajstić information content (AvgIpc) is 2.44. The van der Waals surface area contributed by atoms with Crippen LogP contribution in [-0.2, 0) is 13.0 Å². The van der Waals surface area contributed by atoms with Crippen molar-refractivity contribution in [2.24, 2.45) is 0 Å². The zero-order valence-electron chi connectivity index (χ0n) is 11.9. The fourth-order valence-electron chi connectivity index (χ4n) is 2.54. The zero-order chi connectivity index (χ0) is 13.8. The van der Waals surface area contributed by atoms with Crippen molar-refractivity contribution in [3.63, 3.8) is 0 Å². The summed E-state index contributed by atoms with van der Waals surface area (Å²) in [7, 11) is 0. The lowest BCUT2D eigenvalue weighted by Crippen LogP contribution is -2.32. The number of aryl methyl sites for hydroxylation is 1. The second-order valence-corrected chi connectivity index (χ2v) is 5.28. The molecule has 2 aromatic rings. The van der Waals surface area contributed by atoms with Gasteiger partial charge in [0.2, 0.25) is 5.88 Å². The van der Waals surface area contributed by atoms with Crippen LogP contribution in [0.15, 0.2) is 42.5 Å². The molecule has 3 nitrogen and oxygen atoms in total. The molecule has 0 saturated carbocycles. The molecule has 0 spiro atoms. The van der Waals surface area contributed by atoms with E-state index in [0.717, 1.165) is 37.6 Å². The van der Waals surface area contributed by atoms with Crippen molar-refractivity contribution >= 4 is 0 Å². The maximum Gasteiger partial charge on any atom is 0.216 e. The summed E-state index contributed by atoms with van der Waals surface area (Å²) >= 11 is 0. The smallest absolute Gasteiger partial charge is 0.216 e. The highest BCUT2D eigenvalue weighted by Gasteiger charge is 2.14. The van der Waals surface area contributed by atoms with E-state index in [-0.39, 0.29) is 0 Å². The minimum Gasteiger partial charge on any atom is -0.476 e. The Hall–Kier alpha value is -1.87. The van der Waals surface area contributed by atoms with Crippen molar-refractivity contribution in [1.29, 1.82) is 0 Å². The van der Waals surface area contributed by atoms with Gasteiger partial charge in [0.15, 0.2) is 0 Å². The van der Waals surface area contributed by atoms with Crippen molar-refractivity contribution in [3.8, 4) is 5.88 Å². The molecule has 20 heavy (non-hydrogen) atoms. The molecule has 0 unspecified atom stereocenters. The van der Waals surface area contributed by atoms with E-state index < -0.39 is 0 Å². The number of fused-ring (bicyclic) bond motifs is 1. The molecule has 1 aromatic heterocycles. The third-order valence-electron chi connectivity index (χ3n) is 3.67. The predicted molar refractivity (Wildman–Crippen MR) is 79.9 cm³/mol. The van der Waals surface area contributed by atoms with Gasteiger partial charge in [0.05, 0.1) is 0 Å². The molecule has 0 radical (unpaired) electrons. The van der Waals surface area contributed by atoms with E-state index in [9.17, 15) is 0 Å². The van der Waals surface area contributed by atoms with E-state index in [1.807, 2.05) is 6.92 Å². The van der Waals surface area contributed by atoms with Gasteiger partial charge in [-0.05, 0) is 25.0 Å². The monoisotopic (exact) mass is 268 g/mol. The summed E-state index contributed by atoms with van der Waals surface area (Å²) in [6, 6.07) is 14.8. The first kappa shape index (κ1) is 13.1. The molecule has 0 atom stereocenters. The lowest BCUT2D eigenvalue weighted by atomic mass is 10.1. The average molecular weight is 268 g/mol. The lowest BCUT2D eigenvalue weighted by molar-refractivity contribution is 0.187. The summed E-state index contributed by atoms with van der Waals surface area (Å²) < 4.78 is 5.82. The first-order valence-corrected chi connectivity index (χ1v) is 7.17. The number of rotatable bonds is 2. The molecule has 3 heteroatoms. The topological polar surface area (TPSA) is 25.4 Å². The number of ether oxygens (including phenoxy) is 1. The molecule has 0 N–H and O–H groups in total. The molecular formula is C17H20N2O. The molecule has 0 saturated heterocycles. The van der Waals surface area contributed by atoms with Crippen LogP contribution in [0, 0.1) is 6.92 Å². The van der Waals surface area contributed by atoms with E-state index in [1.165, 1.54) is 11.1 Å². The van der Waals surface area contributed by atoms with Crippen molar-refractivity contribution in [1.82, 2.24) is 9.88 Å². The fraction of sp³-hybridized carbons (Fsp3) is 0.353. The van der Waals surface area contributed by atoms with E-state index in [2.05, 4.69) is 52.3 Å². The van der Waals surface area contributed by atoms with Gasteiger partial charge >= 0.3 is 0 Å². The Morgan fingerprint density at radius 2 is 1.95 bits per heavy atom. The minimum absolute atomic E-state index is 0.705. The highest BCUT2D eigenvalue weighted by Crippen LogP contribution is 2.19. The Balaban J connectivity index is 1.69. The largest absolute Gasteiger partial charge is 0.476 e. The van der Waals surface area contributed by atoms with Gasteiger partial charge in [-0.3, -0.25) is 4.90 Å². The van der Waals surface area contributed by atoms with Gasteiger partial charge in [-0.2, -0.15) is 0 Å². The highest BCUT2D eigenvalue weighted by molar-refractivity contribution is 5.28. The minimum atomic E-state index is 0.705. The van der Waals surface area contributed by atoms with Crippen molar-refractivity contribution < 1.29 is 4.74 Å². The summed E-state index contributed by atoms with van der Waals surface area (Å²) in [5, 5.41) is 0. The molecule has 2 heterocycles. The van der Waals surface area contributed by atoms with E-state index in [1.54, 1.807) is 0 Å². The quantitative estimate of drug-likeness (QED) is 0.837. The number of pyridine rings is 1.